The lowest BCUT2D eigenvalue weighted by Gasteiger charge is -2.27. The molecule has 0 spiro atoms. The van der Waals surface area contributed by atoms with Gasteiger partial charge in [-0.3, -0.25) is 14.9 Å². The molecule has 2 aromatic rings. The van der Waals surface area contributed by atoms with Crippen molar-refractivity contribution in [3.05, 3.63) is 42.9 Å². The van der Waals surface area contributed by atoms with E-state index >= 15 is 0 Å². The van der Waals surface area contributed by atoms with Crippen molar-refractivity contribution in [2.45, 2.75) is 31.3 Å². The van der Waals surface area contributed by atoms with Gasteiger partial charge < -0.3 is 4.90 Å². The number of hydrogen-bond donors (Lipinski definition) is 0. The van der Waals surface area contributed by atoms with E-state index < -0.39 is 0 Å². The van der Waals surface area contributed by atoms with E-state index in [1.165, 1.54) is 24.9 Å². The molecule has 0 radical (unpaired) electrons. The standard InChI is InChI=1S/C18H22N4/c1-21-15-4-5-17(21)13-22(10-8-15)16-6-7-18(20-12-16)14-3-2-9-19-11-14/h2-3,6-7,9,11-12,15,17H,4-5,8,10,13H2,1H3. The first-order chi connectivity index (χ1) is 10.8. The van der Waals surface area contributed by atoms with Gasteiger partial charge in [0.15, 0.2) is 0 Å². The summed E-state index contributed by atoms with van der Waals surface area (Å²) in [6, 6.07) is 9.79. The number of aromatic nitrogens is 2. The number of nitrogens with zero attached hydrogens (tertiary/aromatic N) is 4. The Hall–Kier alpha value is -1.94. The Morgan fingerprint density at radius 1 is 1.05 bits per heavy atom. The molecule has 2 aliphatic heterocycles. The zero-order valence-electron chi connectivity index (χ0n) is 13.0. The van der Waals surface area contributed by atoms with Gasteiger partial charge in [-0.05, 0) is 50.6 Å². The molecule has 4 rings (SSSR count). The first-order valence-electron chi connectivity index (χ1n) is 8.14. The fourth-order valence-electron chi connectivity index (χ4n) is 3.80. The van der Waals surface area contributed by atoms with Crippen LogP contribution in [-0.2, 0) is 0 Å². The molecular weight excluding hydrogens is 272 g/mol. The van der Waals surface area contributed by atoms with Crippen LogP contribution in [0.15, 0.2) is 42.9 Å². The van der Waals surface area contributed by atoms with Crippen molar-refractivity contribution in [1.82, 2.24) is 14.9 Å². The number of hydrogen-bond acceptors (Lipinski definition) is 4. The van der Waals surface area contributed by atoms with Crippen molar-refractivity contribution in [3.8, 4) is 11.3 Å². The minimum atomic E-state index is 0.700. The van der Waals surface area contributed by atoms with E-state index in [2.05, 4.69) is 45.0 Å². The largest absolute Gasteiger partial charge is 0.369 e. The molecule has 2 saturated heterocycles. The summed E-state index contributed by atoms with van der Waals surface area (Å²) < 4.78 is 0. The molecule has 0 aromatic carbocycles. The van der Waals surface area contributed by atoms with E-state index in [0.717, 1.165) is 30.4 Å². The van der Waals surface area contributed by atoms with Crippen molar-refractivity contribution in [2.24, 2.45) is 0 Å². The van der Waals surface area contributed by atoms with Gasteiger partial charge in [0.25, 0.3) is 0 Å². The van der Waals surface area contributed by atoms with Crippen LogP contribution in [0.1, 0.15) is 19.3 Å². The van der Waals surface area contributed by atoms with E-state index in [9.17, 15) is 0 Å². The molecule has 4 heteroatoms. The number of fused-ring (bicyclic) bond motifs is 2. The molecule has 2 atom stereocenters. The summed E-state index contributed by atoms with van der Waals surface area (Å²) in [5.41, 5.74) is 3.31. The normalized spacial score (nSPS) is 25.2. The third kappa shape index (κ3) is 2.48. The minimum Gasteiger partial charge on any atom is -0.369 e. The third-order valence-corrected chi connectivity index (χ3v) is 5.22. The lowest BCUT2D eigenvalue weighted by Crippen LogP contribution is -2.36. The second kappa shape index (κ2) is 5.69. The molecule has 2 aromatic heterocycles. The van der Waals surface area contributed by atoms with Crippen LogP contribution in [0.4, 0.5) is 5.69 Å². The van der Waals surface area contributed by atoms with Crippen molar-refractivity contribution < 1.29 is 0 Å². The Morgan fingerprint density at radius 3 is 2.73 bits per heavy atom. The predicted molar refractivity (Wildman–Crippen MR) is 88.9 cm³/mol. The molecule has 2 aliphatic rings. The Balaban J connectivity index is 1.54. The summed E-state index contributed by atoms with van der Waals surface area (Å²) in [5.74, 6) is 0. The molecule has 0 saturated carbocycles. The van der Waals surface area contributed by atoms with Gasteiger partial charge >= 0.3 is 0 Å². The summed E-state index contributed by atoms with van der Waals surface area (Å²) in [6.07, 6.45) is 9.63. The van der Waals surface area contributed by atoms with Gasteiger partial charge in [-0.15, -0.1) is 0 Å². The molecule has 114 valence electrons. The molecule has 0 N–H and O–H groups in total. The quantitative estimate of drug-likeness (QED) is 0.852. The van der Waals surface area contributed by atoms with Gasteiger partial charge in [0.2, 0.25) is 0 Å². The van der Waals surface area contributed by atoms with Crippen LogP contribution in [0.2, 0.25) is 0 Å². The molecule has 0 aliphatic carbocycles. The highest BCUT2D eigenvalue weighted by molar-refractivity contribution is 5.60. The Morgan fingerprint density at radius 2 is 1.95 bits per heavy atom. The Labute approximate surface area is 131 Å². The molecule has 22 heavy (non-hydrogen) atoms. The summed E-state index contributed by atoms with van der Waals surface area (Å²) in [7, 11) is 2.29. The smallest absolute Gasteiger partial charge is 0.0719 e. The minimum absolute atomic E-state index is 0.700. The first kappa shape index (κ1) is 13.7. The number of likely N-dealkylation sites (N-methyl/N-ethyl adjacent to an activating group) is 1. The topological polar surface area (TPSA) is 32.3 Å². The van der Waals surface area contributed by atoms with E-state index in [-0.39, 0.29) is 0 Å². The van der Waals surface area contributed by atoms with E-state index in [0.29, 0.717) is 6.04 Å². The van der Waals surface area contributed by atoms with Gasteiger partial charge in [-0.2, -0.15) is 0 Å². The van der Waals surface area contributed by atoms with Crippen LogP contribution >= 0.6 is 0 Å². The Kier molecular flexibility index (Phi) is 3.54. The van der Waals surface area contributed by atoms with Crippen LogP contribution in [0, 0.1) is 0 Å². The fraction of sp³-hybridized carbons (Fsp3) is 0.444. The Bertz CT molecular complexity index is 625. The van der Waals surface area contributed by atoms with Crippen molar-refractivity contribution >= 4 is 5.69 Å². The monoisotopic (exact) mass is 294 g/mol. The molecule has 4 heterocycles. The van der Waals surface area contributed by atoms with Crippen molar-refractivity contribution in [2.75, 3.05) is 25.0 Å². The molecule has 0 amide bonds. The first-order valence-corrected chi connectivity index (χ1v) is 8.14. The van der Waals surface area contributed by atoms with Crippen LogP contribution in [-0.4, -0.2) is 47.1 Å². The van der Waals surface area contributed by atoms with E-state index in [4.69, 9.17) is 0 Å². The summed E-state index contributed by atoms with van der Waals surface area (Å²) >= 11 is 0. The zero-order valence-corrected chi connectivity index (χ0v) is 13.0. The lowest BCUT2D eigenvalue weighted by atomic mass is 10.1. The molecule has 2 bridgehead atoms. The molecule has 4 nitrogen and oxygen atoms in total. The highest BCUT2D eigenvalue weighted by atomic mass is 15.3. The average molecular weight is 294 g/mol. The van der Waals surface area contributed by atoms with Crippen LogP contribution in [0.5, 0.6) is 0 Å². The van der Waals surface area contributed by atoms with Gasteiger partial charge in [0.05, 0.1) is 17.6 Å². The molecule has 2 fully saturated rings. The number of anilines is 1. The summed E-state index contributed by atoms with van der Waals surface area (Å²) in [5, 5.41) is 0. The predicted octanol–water partition coefficient (Wildman–Crippen LogP) is 2.82. The third-order valence-electron chi connectivity index (χ3n) is 5.22. The highest BCUT2D eigenvalue weighted by Gasteiger charge is 2.34. The fourth-order valence-corrected chi connectivity index (χ4v) is 3.80. The van der Waals surface area contributed by atoms with Crippen molar-refractivity contribution in [1.29, 1.82) is 0 Å². The SMILES string of the molecule is CN1C2CCC1CN(c1ccc(-c3cccnc3)nc1)CC2. The van der Waals surface area contributed by atoms with Crippen molar-refractivity contribution in [3.63, 3.8) is 0 Å². The van der Waals surface area contributed by atoms with Gasteiger partial charge in [0, 0.05) is 43.1 Å². The highest BCUT2D eigenvalue weighted by Crippen LogP contribution is 2.30. The van der Waals surface area contributed by atoms with Crippen LogP contribution in [0.3, 0.4) is 0 Å². The van der Waals surface area contributed by atoms with Gasteiger partial charge in [0.1, 0.15) is 0 Å². The summed E-state index contributed by atoms with van der Waals surface area (Å²) in [6.45, 7) is 2.26. The van der Waals surface area contributed by atoms with Gasteiger partial charge in [-0.25, -0.2) is 0 Å². The molecular formula is C18H22N4. The number of pyridine rings is 2. The molecule has 2 unspecified atom stereocenters. The maximum absolute atomic E-state index is 4.64. The maximum Gasteiger partial charge on any atom is 0.0719 e. The lowest BCUT2D eigenvalue weighted by molar-refractivity contribution is 0.254. The van der Waals surface area contributed by atoms with Crippen LogP contribution < -0.4 is 4.90 Å². The van der Waals surface area contributed by atoms with E-state index in [1.54, 1.807) is 6.20 Å². The second-order valence-electron chi connectivity index (χ2n) is 6.43. The average Bonchev–Trinajstić information content (AvgIpc) is 2.81. The second-order valence-corrected chi connectivity index (χ2v) is 6.43. The van der Waals surface area contributed by atoms with E-state index in [1.807, 2.05) is 18.5 Å². The number of rotatable bonds is 2. The van der Waals surface area contributed by atoms with Crippen LogP contribution in [0.25, 0.3) is 11.3 Å². The summed E-state index contributed by atoms with van der Waals surface area (Å²) in [4.78, 5) is 13.9. The zero-order chi connectivity index (χ0) is 14.9. The maximum atomic E-state index is 4.64. The van der Waals surface area contributed by atoms with Gasteiger partial charge in [-0.1, -0.05) is 0 Å².